The maximum absolute atomic E-state index is 12.8. The molecule has 2 aromatic carbocycles. The summed E-state index contributed by atoms with van der Waals surface area (Å²) in [6, 6.07) is 14.5. The molecular formula is C21H24N4O. The molecule has 4 rings (SSSR count). The second kappa shape index (κ2) is 7.70. The summed E-state index contributed by atoms with van der Waals surface area (Å²) >= 11 is 0. The van der Waals surface area contributed by atoms with Crippen molar-refractivity contribution in [3.63, 3.8) is 0 Å². The van der Waals surface area contributed by atoms with E-state index in [0.717, 1.165) is 44.8 Å². The number of amides is 1. The molecule has 0 spiro atoms. The summed E-state index contributed by atoms with van der Waals surface area (Å²) in [6.45, 7) is 5.46. The normalized spacial score (nSPS) is 15.5. The molecule has 0 atom stereocenters. The molecule has 3 aromatic rings. The molecule has 1 amide bonds. The zero-order chi connectivity index (χ0) is 17.8. The van der Waals surface area contributed by atoms with Gasteiger partial charge in [0.15, 0.2) is 0 Å². The van der Waals surface area contributed by atoms with Gasteiger partial charge in [0.05, 0.1) is 12.7 Å². The van der Waals surface area contributed by atoms with Crippen LogP contribution in [0.5, 0.6) is 0 Å². The molecule has 0 saturated carbocycles. The van der Waals surface area contributed by atoms with Crippen LogP contribution in [0.3, 0.4) is 0 Å². The maximum atomic E-state index is 12.8. The molecule has 26 heavy (non-hydrogen) atoms. The van der Waals surface area contributed by atoms with Crippen molar-refractivity contribution < 1.29 is 4.79 Å². The van der Waals surface area contributed by atoms with Crippen LogP contribution >= 0.6 is 0 Å². The van der Waals surface area contributed by atoms with E-state index < -0.39 is 0 Å². The van der Waals surface area contributed by atoms with E-state index in [1.807, 2.05) is 41.8 Å². The number of imidazole rings is 1. The second-order valence-corrected chi connectivity index (χ2v) is 6.84. The summed E-state index contributed by atoms with van der Waals surface area (Å²) in [4.78, 5) is 21.3. The lowest BCUT2D eigenvalue weighted by molar-refractivity contribution is -0.132. The predicted octanol–water partition coefficient (Wildman–Crippen LogP) is 2.42. The first kappa shape index (κ1) is 16.8. The van der Waals surface area contributed by atoms with E-state index in [1.165, 1.54) is 10.8 Å². The minimum absolute atomic E-state index is 0.232. The van der Waals surface area contributed by atoms with Gasteiger partial charge in [-0.05, 0) is 16.3 Å². The molecule has 0 aliphatic carbocycles. The number of carbonyl (C=O) groups is 1. The summed E-state index contributed by atoms with van der Waals surface area (Å²) < 4.78 is 2.10. The molecule has 5 nitrogen and oxygen atoms in total. The second-order valence-electron chi connectivity index (χ2n) is 6.84. The van der Waals surface area contributed by atoms with Crippen LogP contribution in [0.25, 0.3) is 10.8 Å². The van der Waals surface area contributed by atoms with Crippen LogP contribution < -0.4 is 0 Å². The van der Waals surface area contributed by atoms with Crippen LogP contribution in [0.1, 0.15) is 5.56 Å². The lowest BCUT2D eigenvalue weighted by Crippen LogP contribution is -2.49. The Hall–Kier alpha value is -2.66. The average molecular weight is 348 g/mol. The summed E-state index contributed by atoms with van der Waals surface area (Å²) in [6.07, 6.45) is 6.13. The Kier molecular flexibility index (Phi) is 4.97. The number of fused-ring (bicyclic) bond motifs is 1. The largest absolute Gasteiger partial charge is 0.340 e. The first-order valence-corrected chi connectivity index (χ1v) is 9.22. The summed E-state index contributed by atoms with van der Waals surface area (Å²) in [5.41, 5.74) is 1.12. The van der Waals surface area contributed by atoms with Crippen LogP contribution in [0.15, 0.2) is 61.2 Å². The molecule has 1 aliphatic rings. The van der Waals surface area contributed by atoms with Crippen LogP contribution in [0.4, 0.5) is 0 Å². The van der Waals surface area contributed by atoms with Gasteiger partial charge in [0.2, 0.25) is 5.91 Å². The fourth-order valence-corrected chi connectivity index (χ4v) is 3.62. The Morgan fingerprint density at radius 3 is 2.58 bits per heavy atom. The molecular weight excluding hydrogens is 324 g/mol. The Morgan fingerprint density at radius 1 is 0.962 bits per heavy atom. The fourth-order valence-electron chi connectivity index (χ4n) is 3.62. The molecule has 0 radical (unpaired) electrons. The third-order valence-corrected chi connectivity index (χ3v) is 5.18. The molecule has 0 bridgehead atoms. The van der Waals surface area contributed by atoms with Crippen molar-refractivity contribution in [2.24, 2.45) is 0 Å². The van der Waals surface area contributed by atoms with E-state index in [4.69, 9.17) is 0 Å². The number of nitrogens with zero attached hydrogens (tertiary/aromatic N) is 4. The summed E-state index contributed by atoms with van der Waals surface area (Å²) in [7, 11) is 0. The van der Waals surface area contributed by atoms with Crippen molar-refractivity contribution in [2.45, 2.75) is 13.0 Å². The fraction of sp³-hybridized carbons (Fsp3) is 0.333. The molecule has 2 heterocycles. The Morgan fingerprint density at radius 2 is 1.77 bits per heavy atom. The Balaban J connectivity index is 1.32. The first-order valence-electron chi connectivity index (χ1n) is 9.22. The van der Waals surface area contributed by atoms with E-state index in [1.54, 1.807) is 0 Å². The number of aromatic nitrogens is 2. The van der Waals surface area contributed by atoms with E-state index in [2.05, 4.69) is 38.7 Å². The highest BCUT2D eigenvalue weighted by Gasteiger charge is 2.21. The number of piperazine rings is 1. The molecule has 0 unspecified atom stereocenters. The van der Waals surface area contributed by atoms with Crippen LogP contribution in [-0.2, 0) is 17.8 Å². The Bertz CT molecular complexity index is 861. The monoisotopic (exact) mass is 348 g/mol. The Labute approximate surface area is 153 Å². The minimum Gasteiger partial charge on any atom is -0.340 e. The molecule has 134 valence electrons. The molecule has 5 heteroatoms. The van der Waals surface area contributed by atoms with Gasteiger partial charge in [0.25, 0.3) is 0 Å². The number of hydrogen-bond donors (Lipinski definition) is 0. The predicted molar refractivity (Wildman–Crippen MR) is 103 cm³/mol. The number of carbonyl (C=O) groups excluding carboxylic acids is 1. The lowest BCUT2D eigenvalue weighted by Gasteiger charge is -2.35. The minimum atomic E-state index is 0.232. The van der Waals surface area contributed by atoms with Gasteiger partial charge in [-0.2, -0.15) is 0 Å². The van der Waals surface area contributed by atoms with Gasteiger partial charge in [-0.25, -0.2) is 4.98 Å². The zero-order valence-corrected chi connectivity index (χ0v) is 14.9. The number of hydrogen-bond acceptors (Lipinski definition) is 3. The standard InChI is InChI=1S/C21H24N4O/c26-21(16-19-6-3-5-18-4-1-2-7-20(18)19)25-14-12-23(13-15-25)10-11-24-9-8-22-17-24/h1-9,17H,10-16H2. The van der Waals surface area contributed by atoms with Gasteiger partial charge in [-0.3, -0.25) is 9.69 Å². The SMILES string of the molecule is O=C(Cc1cccc2ccccc12)N1CCN(CCn2ccnc2)CC1. The van der Waals surface area contributed by atoms with E-state index in [9.17, 15) is 4.79 Å². The third-order valence-electron chi connectivity index (χ3n) is 5.18. The van der Waals surface area contributed by atoms with Crippen LogP contribution in [0, 0.1) is 0 Å². The topological polar surface area (TPSA) is 41.4 Å². The van der Waals surface area contributed by atoms with Gasteiger partial charge in [-0.15, -0.1) is 0 Å². The molecule has 0 N–H and O–H groups in total. The van der Waals surface area contributed by atoms with Gasteiger partial charge >= 0.3 is 0 Å². The lowest BCUT2D eigenvalue weighted by atomic mass is 10.0. The van der Waals surface area contributed by atoms with Crippen molar-refractivity contribution in [2.75, 3.05) is 32.7 Å². The average Bonchev–Trinajstić information content (AvgIpc) is 3.21. The quantitative estimate of drug-likeness (QED) is 0.711. The summed E-state index contributed by atoms with van der Waals surface area (Å²) in [5, 5.41) is 2.38. The van der Waals surface area contributed by atoms with Crippen molar-refractivity contribution in [3.8, 4) is 0 Å². The highest BCUT2D eigenvalue weighted by atomic mass is 16.2. The first-order chi connectivity index (χ1) is 12.8. The number of rotatable bonds is 5. The van der Waals surface area contributed by atoms with Crippen molar-refractivity contribution in [3.05, 3.63) is 66.7 Å². The van der Waals surface area contributed by atoms with Gasteiger partial charge < -0.3 is 9.47 Å². The van der Waals surface area contributed by atoms with Crippen molar-refractivity contribution in [1.82, 2.24) is 19.4 Å². The zero-order valence-electron chi connectivity index (χ0n) is 14.9. The number of benzene rings is 2. The molecule has 1 aliphatic heterocycles. The highest BCUT2D eigenvalue weighted by Crippen LogP contribution is 2.19. The van der Waals surface area contributed by atoms with Crippen molar-refractivity contribution in [1.29, 1.82) is 0 Å². The molecule has 1 aromatic heterocycles. The highest BCUT2D eigenvalue weighted by molar-refractivity contribution is 5.90. The summed E-state index contributed by atoms with van der Waals surface area (Å²) in [5.74, 6) is 0.232. The van der Waals surface area contributed by atoms with Gasteiger partial charge in [0, 0.05) is 51.7 Å². The van der Waals surface area contributed by atoms with Crippen LogP contribution in [-0.4, -0.2) is 58.0 Å². The van der Waals surface area contributed by atoms with Gasteiger partial charge in [-0.1, -0.05) is 42.5 Å². The van der Waals surface area contributed by atoms with Crippen LogP contribution in [0.2, 0.25) is 0 Å². The van der Waals surface area contributed by atoms with Crippen molar-refractivity contribution >= 4 is 16.7 Å². The molecule has 1 saturated heterocycles. The van der Waals surface area contributed by atoms with E-state index >= 15 is 0 Å². The third kappa shape index (κ3) is 3.78. The molecule has 1 fully saturated rings. The van der Waals surface area contributed by atoms with E-state index in [0.29, 0.717) is 6.42 Å². The smallest absolute Gasteiger partial charge is 0.227 e. The maximum Gasteiger partial charge on any atom is 0.227 e. The van der Waals surface area contributed by atoms with E-state index in [-0.39, 0.29) is 5.91 Å². The van der Waals surface area contributed by atoms with Gasteiger partial charge in [0.1, 0.15) is 0 Å².